The van der Waals surface area contributed by atoms with Crippen molar-refractivity contribution in [1.82, 2.24) is 0 Å². The lowest BCUT2D eigenvalue weighted by Crippen LogP contribution is -2.26. The topological polar surface area (TPSA) is 68.3 Å². The summed E-state index contributed by atoms with van der Waals surface area (Å²) in [6, 6.07) is 3.87. The zero-order chi connectivity index (χ0) is 16.9. The first kappa shape index (κ1) is 16.7. The molecule has 0 aromatic heterocycles. The lowest BCUT2D eigenvalue weighted by atomic mass is 9.84. The number of hydrogen-bond acceptors (Lipinski definition) is 4. The van der Waals surface area contributed by atoms with E-state index < -0.39 is 15.6 Å². The Bertz CT molecular complexity index is 855. The van der Waals surface area contributed by atoms with Gasteiger partial charge in [-0.15, -0.1) is 0 Å². The number of allylic oxidation sites excluding steroid dienone is 2. The molecule has 3 rings (SSSR count). The van der Waals surface area contributed by atoms with Gasteiger partial charge in [-0.2, -0.15) is 0 Å². The minimum absolute atomic E-state index is 0.000567. The fourth-order valence-electron chi connectivity index (χ4n) is 3.24. The average Bonchev–Trinajstić information content (AvgIpc) is 2.91. The number of carbonyl (C=O) groups is 2. The number of ketones is 2. The molecule has 2 atom stereocenters. The predicted octanol–water partition coefficient (Wildman–Crippen LogP) is 3.42. The second kappa shape index (κ2) is 5.72. The third-order valence-electron chi connectivity index (χ3n) is 4.49. The second-order valence-electron chi connectivity index (χ2n) is 6.04. The third-order valence-corrected chi connectivity index (χ3v) is 6.41. The van der Waals surface area contributed by atoms with Crippen molar-refractivity contribution in [2.45, 2.75) is 24.2 Å². The van der Waals surface area contributed by atoms with Crippen LogP contribution < -0.4 is 0 Å². The van der Waals surface area contributed by atoms with Gasteiger partial charge in [-0.25, -0.2) is 8.42 Å². The zero-order valence-electron chi connectivity index (χ0n) is 12.3. The lowest BCUT2D eigenvalue weighted by Gasteiger charge is -2.21. The monoisotopic (exact) mass is 372 g/mol. The molecule has 0 heterocycles. The van der Waals surface area contributed by atoms with Crippen molar-refractivity contribution < 1.29 is 18.0 Å². The maximum atomic E-state index is 12.7. The SMILES string of the molecule is CS(=O)(=O)c1ccc(C(=O)C2=C(Cl)C3CCC(C3)C2=O)c(Cl)c1. The molecule has 2 bridgehead atoms. The van der Waals surface area contributed by atoms with Gasteiger partial charge in [0.15, 0.2) is 21.4 Å². The fraction of sp³-hybridized carbons (Fsp3) is 0.375. The minimum atomic E-state index is -3.42. The Morgan fingerprint density at radius 1 is 1.17 bits per heavy atom. The standard InChI is InChI=1S/C16H14Cl2O4S/c1-23(21,22)10-4-5-11(12(17)7-10)16(20)13-14(18)8-2-3-9(6-8)15(13)19/h4-5,7-9H,2-3,6H2,1H3. The highest BCUT2D eigenvalue weighted by Gasteiger charge is 2.42. The highest BCUT2D eigenvalue weighted by Crippen LogP contribution is 2.45. The van der Waals surface area contributed by atoms with Crippen molar-refractivity contribution in [2.24, 2.45) is 11.8 Å². The van der Waals surface area contributed by atoms with Crippen LogP contribution in [-0.4, -0.2) is 26.2 Å². The molecule has 0 amide bonds. The first-order valence-electron chi connectivity index (χ1n) is 7.18. The third kappa shape index (κ3) is 2.86. The van der Waals surface area contributed by atoms with E-state index in [1.54, 1.807) is 0 Å². The lowest BCUT2D eigenvalue weighted by molar-refractivity contribution is -0.119. The van der Waals surface area contributed by atoms with E-state index in [1.165, 1.54) is 18.2 Å². The van der Waals surface area contributed by atoms with E-state index in [1.807, 2.05) is 0 Å². The predicted molar refractivity (Wildman–Crippen MR) is 87.6 cm³/mol. The Kier molecular flexibility index (Phi) is 4.15. The molecule has 0 spiro atoms. The molecule has 1 fully saturated rings. The van der Waals surface area contributed by atoms with Crippen molar-refractivity contribution in [3.8, 4) is 0 Å². The minimum Gasteiger partial charge on any atom is -0.294 e. The van der Waals surface area contributed by atoms with Crippen molar-refractivity contribution in [3.05, 3.63) is 39.4 Å². The molecule has 2 unspecified atom stereocenters. The molecule has 2 aliphatic rings. The van der Waals surface area contributed by atoms with E-state index >= 15 is 0 Å². The molecule has 7 heteroatoms. The molecule has 0 aliphatic heterocycles. The summed E-state index contributed by atoms with van der Waals surface area (Å²) >= 11 is 12.3. The molecule has 0 N–H and O–H groups in total. The second-order valence-corrected chi connectivity index (χ2v) is 8.87. The molecule has 1 aromatic rings. The molecule has 0 radical (unpaired) electrons. The Labute approximate surface area is 144 Å². The van der Waals surface area contributed by atoms with Crippen LogP contribution in [0.2, 0.25) is 5.02 Å². The quantitative estimate of drug-likeness (QED) is 0.602. The molecule has 23 heavy (non-hydrogen) atoms. The van der Waals surface area contributed by atoms with E-state index in [9.17, 15) is 18.0 Å². The van der Waals surface area contributed by atoms with Gasteiger partial charge in [-0.1, -0.05) is 23.2 Å². The molecule has 1 aromatic carbocycles. The number of benzene rings is 1. The largest absolute Gasteiger partial charge is 0.294 e. The van der Waals surface area contributed by atoms with Gasteiger partial charge < -0.3 is 0 Å². The zero-order valence-corrected chi connectivity index (χ0v) is 14.6. The van der Waals surface area contributed by atoms with Crippen molar-refractivity contribution in [3.63, 3.8) is 0 Å². The van der Waals surface area contributed by atoms with Gasteiger partial charge in [0.05, 0.1) is 15.5 Å². The maximum Gasteiger partial charge on any atom is 0.199 e. The van der Waals surface area contributed by atoms with Gasteiger partial charge in [-0.3, -0.25) is 9.59 Å². The van der Waals surface area contributed by atoms with Crippen LogP contribution in [0.25, 0.3) is 0 Å². The number of sulfone groups is 1. The van der Waals surface area contributed by atoms with Crippen LogP contribution in [0.15, 0.2) is 33.7 Å². The Hall–Kier alpha value is -1.17. The van der Waals surface area contributed by atoms with Crippen molar-refractivity contribution in [1.29, 1.82) is 0 Å². The molecule has 4 nitrogen and oxygen atoms in total. The summed E-state index contributed by atoms with van der Waals surface area (Å²) in [6.45, 7) is 0. The van der Waals surface area contributed by atoms with Crippen LogP contribution in [0.3, 0.4) is 0 Å². The van der Waals surface area contributed by atoms with Crippen molar-refractivity contribution >= 4 is 44.6 Å². The first-order chi connectivity index (χ1) is 10.7. The summed E-state index contributed by atoms with van der Waals surface area (Å²) in [6.07, 6.45) is 3.32. The van der Waals surface area contributed by atoms with E-state index in [-0.39, 0.29) is 38.7 Å². The molecule has 1 saturated carbocycles. The molecule has 122 valence electrons. The summed E-state index contributed by atoms with van der Waals surface area (Å²) < 4.78 is 23.1. The Morgan fingerprint density at radius 3 is 2.43 bits per heavy atom. The van der Waals surface area contributed by atoms with Gasteiger partial charge in [0.25, 0.3) is 0 Å². The van der Waals surface area contributed by atoms with Crippen LogP contribution >= 0.6 is 23.2 Å². The number of fused-ring (bicyclic) bond motifs is 2. The van der Waals surface area contributed by atoms with Crippen LogP contribution in [0.1, 0.15) is 29.6 Å². The van der Waals surface area contributed by atoms with Gasteiger partial charge in [-0.05, 0) is 43.4 Å². The van der Waals surface area contributed by atoms with Crippen molar-refractivity contribution in [2.75, 3.05) is 6.26 Å². The van der Waals surface area contributed by atoms with Gasteiger partial charge in [0.1, 0.15) is 0 Å². The molecular formula is C16H14Cl2O4S. The highest BCUT2D eigenvalue weighted by molar-refractivity contribution is 7.90. The van der Waals surface area contributed by atoms with Crippen LogP contribution in [0.5, 0.6) is 0 Å². The first-order valence-corrected chi connectivity index (χ1v) is 9.83. The number of rotatable bonds is 3. The Balaban J connectivity index is 2.04. The number of carbonyl (C=O) groups excluding carboxylic acids is 2. The van der Waals surface area contributed by atoms with Gasteiger partial charge >= 0.3 is 0 Å². The van der Waals surface area contributed by atoms with Crippen LogP contribution in [0.4, 0.5) is 0 Å². The number of hydrogen-bond donors (Lipinski definition) is 0. The fourth-order valence-corrected chi connectivity index (χ4v) is 4.60. The number of halogens is 2. The van der Waals surface area contributed by atoms with Crippen LogP contribution in [-0.2, 0) is 14.6 Å². The summed E-state index contributed by atoms with van der Waals surface area (Å²) in [5.41, 5.74) is 0.112. The van der Waals surface area contributed by atoms with Crippen LogP contribution in [0, 0.1) is 11.8 Å². The van der Waals surface area contributed by atoms with E-state index in [0.717, 1.165) is 19.1 Å². The van der Waals surface area contributed by atoms with Gasteiger partial charge in [0, 0.05) is 22.8 Å². The summed E-state index contributed by atoms with van der Waals surface area (Å²) in [4.78, 5) is 25.2. The number of Topliss-reactive ketones (excluding diaryl/α,β-unsaturated/α-hetero) is 2. The van der Waals surface area contributed by atoms with E-state index in [4.69, 9.17) is 23.2 Å². The summed E-state index contributed by atoms with van der Waals surface area (Å²) in [5, 5.41) is 0.317. The normalized spacial score (nSPS) is 24.2. The maximum absolute atomic E-state index is 12.7. The average molecular weight is 373 g/mol. The Morgan fingerprint density at radius 2 is 1.83 bits per heavy atom. The highest BCUT2D eigenvalue weighted by atomic mass is 35.5. The molecule has 2 aliphatic carbocycles. The van der Waals surface area contributed by atoms with E-state index in [2.05, 4.69) is 0 Å². The van der Waals surface area contributed by atoms with Gasteiger partial charge in [0.2, 0.25) is 0 Å². The molecular weight excluding hydrogens is 359 g/mol. The summed E-state index contributed by atoms with van der Waals surface area (Å²) in [7, 11) is -3.42. The summed E-state index contributed by atoms with van der Waals surface area (Å²) in [5.74, 6) is -0.832. The van der Waals surface area contributed by atoms with E-state index in [0.29, 0.717) is 11.5 Å². The smallest absolute Gasteiger partial charge is 0.199 e. The molecule has 0 saturated heterocycles.